The van der Waals surface area contributed by atoms with E-state index in [-0.39, 0.29) is 0 Å². The molecule has 0 amide bonds. The third kappa shape index (κ3) is 4.14. The van der Waals surface area contributed by atoms with Crippen molar-refractivity contribution in [2.75, 3.05) is 0 Å². The molecule has 0 saturated carbocycles. The second kappa shape index (κ2) is 10.5. The molecule has 0 aliphatic carbocycles. The van der Waals surface area contributed by atoms with Crippen LogP contribution in [0, 0.1) is 0 Å². The van der Waals surface area contributed by atoms with Crippen LogP contribution in [-0.2, 0) is 0 Å². The third-order valence-corrected chi connectivity index (χ3v) is 11.0. The zero-order valence-corrected chi connectivity index (χ0v) is 27.4. The summed E-state index contributed by atoms with van der Waals surface area (Å²) in [7, 11) is 0. The summed E-state index contributed by atoms with van der Waals surface area (Å²) >= 11 is 1.85. The maximum absolute atomic E-state index is 6.44. The molecule has 0 atom stereocenters. The van der Waals surface area contributed by atoms with Crippen LogP contribution in [0.1, 0.15) is 0 Å². The molecule has 11 aromatic rings. The molecular formula is C45H25N3OS. The Bertz CT molecular complexity index is 3220. The minimum absolute atomic E-state index is 0.619. The molecule has 11 rings (SSSR count). The Labute approximate surface area is 289 Å². The van der Waals surface area contributed by atoms with Crippen LogP contribution in [0.5, 0.6) is 0 Å². The summed E-state index contributed by atoms with van der Waals surface area (Å²) < 4.78 is 9.03. The van der Waals surface area contributed by atoms with Gasteiger partial charge in [-0.3, -0.25) is 0 Å². The van der Waals surface area contributed by atoms with E-state index in [1.807, 2.05) is 53.8 Å². The lowest BCUT2D eigenvalue weighted by Gasteiger charge is -2.08. The van der Waals surface area contributed by atoms with Crippen molar-refractivity contribution in [2.45, 2.75) is 0 Å². The second-order valence-corrected chi connectivity index (χ2v) is 13.9. The van der Waals surface area contributed by atoms with Crippen molar-refractivity contribution in [1.29, 1.82) is 0 Å². The number of aromatic nitrogens is 3. The first kappa shape index (κ1) is 27.5. The van der Waals surface area contributed by atoms with Crippen LogP contribution in [0.3, 0.4) is 0 Å². The fourth-order valence-electron chi connectivity index (χ4n) is 7.57. The molecule has 0 fully saturated rings. The normalized spacial score (nSPS) is 12.0. The Morgan fingerprint density at radius 3 is 2.14 bits per heavy atom. The monoisotopic (exact) mass is 655 g/mol. The van der Waals surface area contributed by atoms with Crippen molar-refractivity contribution in [3.63, 3.8) is 0 Å². The molecule has 0 N–H and O–H groups in total. The number of hydrogen-bond acceptors (Lipinski definition) is 5. The number of benzene rings is 7. The van der Waals surface area contributed by atoms with Crippen LogP contribution >= 0.6 is 11.3 Å². The number of nitrogens with zero attached hydrogens (tertiary/aromatic N) is 3. The highest BCUT2D eigenvalue weighted by Crippen LogP contribution is 2.42. The first-order valence-electron chi connectivity index (χ1n) is 16.7. The molecule has 0 aliphatic rings. The van der Waals surface area contributed by atoms with Crippen molar-refractivity contribution >= 4 is 97.1 Å². The van der Waals surface area contributed by atoms with Gasteiger partial charge < -0.3 is 4.42 Å². The van der Waals surface area contributed by atoms with Gasteiger partial charge in [0.2, 0.25) is 0 Å². The molecule has 0 radical (unpaired) electrons. The lowest BCUT2D eigenvalue weighted by atomic mass is 9.95. The van der Waals surface area contributed by atoms with Crippen molar-refractivity contribution in [3.8, 4) is 22.5 Å². The number of fused-ring (bicyclic) bond motifs is 13. The fourth-order valence-corrected chi connectivity index (χ4v) is 8.70. The predicted molar refractivity (Wildman–Crippen MR) is 210 cm³/mol. The maximum atomic E-state index is 6.44. The van der Waals surface area contributed by atoms with Crippen molar-refractivity contribution in [1.82, 2.24) is 15.0 Å². The molecule has 4 nitrogen and oxygen atoms in total. The van der Waals surface area contributed by atoms with E-state index in [0.717, 1.165) is 59.8 Å². The Balaban J connectivity index is 1.32. The van der Waals surface area contributed by atoms with Crippen LogP contribution in [0.25, 0.3) is 108 Å². The molecule has 0 saturated heterocycles. The van der Waals surface area contributed by atoms with Gasteiger partial charge >= 0.3 is 0 Å². The summed E-state index contributed by atoms with van der Waals surface area (Å²) in [4.78, 5) is 15.3. The summed E-state index contributed by atoms with van der Waals surface area (Å²) in [5.41, 5.74) is 6.24. The van der Waals surface area contributed by atoms with E-state index in [9.17, 15) is 0 Å². The minimum atomic E-state index is 0.619. The molecule has 0 unspecified atom stereocenters. The Hall–Kier alpha value is -6.43. The number of thiophene rings is 1. The lowest BCUT2D eigenvalue weighted by Crippen LogP contribution is -1.94. The first-order valence-corrected chi connectivity index (χ1v) is 17.5. The number of hydrogen-bond donors (Lipinski definition) is 0. The molecule has 5 heteroatoms. The molecule has 7 aromatic carbocycles. The Morgan fingerprint density at radius 2 is 1.18 bits per heavy atom. The van der Waals surface area contributed by atoms with Crippen molar-refractivity contribution in [2.24, 2.45) is 0 Å². The molecule has 0 aliphatic heterocycles. The van der Waals surface area contributed by atoms with E-state index < -0.39 is 0 Å². The third-order valence-electron chi connectivity index (χ3n) is 9.88. The van der Waals surface area contributed by atoms with E-state index in [0.29, 0.717) is 17.1 Å². The molecule has 232 valence electrons. The smallest absolute Gasteiger partial charge is 0.164 e. The van der Waals surface area contributed by atoms with E-state index in [1.54, 1.807) is 0 Å². The van der Waals surface area contributed by atoms with E-state index in [2.05, 4.69) is 109 Å². The van der Waals surface area contributed by atoms with Gasteiger partial charge in [-0.2, -0.15) is 0 Å². The number of rotatable bonds is 2. The summed E-state index contributed by atoms with van der Waals surface area (Å²) in [6, 6.07) is 53.7. The number of furan rings is 1. The van der Waals surface area contributed by atoms with Gasteiger partial charge in [-0.1, -0.05) is 109 Å². The first-order chi connectivity index (χ1) is 24.7. The van der Waals surface area contributed by atoms with Gasteiger partial charge in [0.1, 0.15) is 11.2 Å². The zero-order valence-electron chi connectivity index (χ0n) is 26.6. The van der Waals surface area contributed by atoms with Crippen LogP contribution in [0.2, 0.25) is 0 Å². The molecule has 50 heavy (non-hydrogen) atoms. The highest BCUT2D eigenvalue weighted by Gasteiger charge is 2.15. The molecule has 4 heterocycles. The van der Waals surface area contributed by atoms with Gasteiger partial charge in [0.15, 0.2) is 17.1 Å². The predicted octanol–water partition coefficient (Wildman–Crippen LogP) is 12.6. The standard InChI is InChI=1S/C45H25N3OS/c1-2-9-26(10-3-1)43-46-44-30-12-6-11-27(23-30)35-24-29(32-14-8-18-40-42(32)33-13-4-5-17-39(33)50-40)19-21-31(35)28-20-22-37-36(25-28)41-34(45(47-43)48-44)15-7-16-38(41)49-37/h1-25H. The Kier molecular flexibility index (Phi) is 5.80. The van der Waals surface area contributed by atoms with Crippen LogP contribution in [-0.4, -0.2) is 15.0 Å². The van der Waals surface area contributed by atoms with E-state index in [4.69, 9.17) is 19.4 Å². The highest BCUT2D eigenvalue weighted by molar-refractivity contribution is 7.25. The summed E-state index contributed by atoms with van der Waals surface area (Å²) in [5, 5.41) is 11.0. The van der Waals surface area contributed by atoms with Gasteiger partial charge in [0, 0.05) is 47.3 Å². The van der Waals surface area contributed by atoms with E-state index in [1.165, 1.54) is 31.3 Å². The van der Waals surface area contributed by atoms with Crippen molar-refractivity contribution < 1.29 is 4.42 Å². The topological polar surface area (TPSA) is 51.8 Å². The quantitative estimate of drug-likeness (QED) is 0.186. The maximum Gasteiger partial charge on any atom is 0.164 e. The molecular weight excluding hydrogens is 631 g/mol. The molecule has 0 spiro atoms. The second-order valence-electron chi connectivity index (χ2n) is 12.8. The van der Waals surface area contributed by atoms with Gasteiger partial charge in [0.05, 0.1) is 0 Å². The van der Waals surface area contributed by atoms with E-state index >= 15 is 0 Å². The van der Waals surface area contributed by atoms with Crippen LogP contribution < -0.4 is 0 Å². The molecule has 4 aromatic heterocycles. The summed E-state index contributed by atoms with van der Waals surface area (Å²) in [6.45, 7) is 0. The average molecular weight is 656 g/mol. The van der Waals surface area contributed by atoms with Crippen LogP contribution in [0.15, 0.2) is 156 Å². The van der Waals surface area contributed by atoms with Gasteiger partial charge in [-0.15, -0.1) is 11.3 Å². The summed E-state index contributed by atoms with van der Waals surface area (Å²) in [6.07, 6.45) is 0. The van der Waals surface area contributed by atoms with Crippen molar-refractivity contribution in [3.05, 3.63) is 152 Å². The summed E-state index contributed by atoms with van der Waals surface area (Å²) in [5.74, 6) is 0.634. The average Bonchev–Trinajstić information content (AvgIpc) is 3.76. The zero-order chi connectivity index (χ0) is 32.8. The van der Waals surface area contributed by atoms with Crippen LogP contribution in [0.4, 0.5) is 0 Å². The van der Waals surface area contributed by atoms with Gasteiger partial charge in [-0.25, -0.2) is 15.0 Å². The van der Waals surface area contributed by atoms with Gasteiger partial charge in [-0.05, 0) is 75.1 Å². The lowest BCUT2D eigenvalue weighted by molar-refractivity contribution is 0.669. The SMILES string of the molecule is c1ccc(-c2nc3nc(n2)c2cccc4oc5ccc(cc5c42)c2ccc(-c4cccc5sc6ccccc6c45)cc2c2cccc3c2)cc1. The minimum Gasteiger partial charge on any atom is -0.456 e. The highest BCUT2D eigenvalue weighted by atomic mass is 32.1. The fraction of sp³-hybridized carbons (Fsp3) is 0. The largest absolute Gasteiger partial charge is 0.456 e. The molecule has 6 bridgehead atoms. The van der Waals surface area contributed by atoms with Gasteiger partial charge in [0.25, 0.3) is 0 Å². The Morgan fingerprint density at radius 1 is 0.400 bits per heavy atom.